The molecule has 79 heavy (non-hydrogen) atoms. The maximum Gasteiger partial charge on any atom is 0.339 e. The first-order valence-electron chi connectivity index (χ1n) is 27.2. The number of aromatic nitrogens is 1. The van der Waals surface area contributed by atoms with Gasteiger partial charge in [0, 0.05) is 25.4 Å². The monoisotopic (exact) mass is 1100 g/mol. The lowest BCUT2D eigenvalue weighted by molar-refractivity contribution is -0.141. The first-order chi connectivity index (χ1) is 38.4. The van der Waals surface area contributed by atoms with Crippen molar-refractivity contribution in [1.82, 2.24) is 4.98 Å². The van der Waals surface area contributed by atoms with Crippen LogP contribution in [0.4, 0.5) is 5.13 Å². The minimum absolute atomic E-state index is 0.267. The lowest BCUT2D eigenvalue weighted by Crippen LogP contribution is -2.30. The molecule has 0 amide bonds. The van der Waals surface area contributed by atoms with Crippen molar-refractivity contribution in [3.63, 3.8) is 0 Å². The zero-order valence-corrected chi connectivity index (χ0v) is 45.7. The van der Waals surface area contributed by atoms with E-state index >= 15 is 0 Å². The summed E-state index contributed by atoms with van der Waals surface area (Å²) >= 11 is 1.53. The Hall–Kier alpha value is -7.79. The molecule has 2 fully saturated rings. The number of anilines is 1. The SMILES string of the molecule is C=CC(=O)OCCCCCCOc1ccc(OC(=O)C2CCC(OC(=O)c3ccc(OC(=O)C4CCC(OC(=O)c5ccc(OCCCCCCOC(=O)C=C)cc5)CC4)cc3/C=C/N(C)c3nc4ccccc4s3)CC2)cc1. The molecule has 1 heterocycles. The van der Waals surface area contributed by atoms with E-state index in [1.807, 2.05) is 36.2 Å². The molecule has 418 valence electrons. The highest BCUT2D eigenvalue weighted by Crippen LogP contribution is 2.33. The van der Waals surface area contributed by atoms with Gasteiger partial charge in [-0.1, -0.05) is 36.6 Å². The second kappa shape index (κ2) is 31.0. The number of hydrogen-bond acceptors (Lipinski definition) is 17. The number of unbranched alkanes of at least 4 members (excludes halogenated alkanes) is 6. The molecule has 0 atom stereocenters. The van der Waals surface area contributed by atoms with Crippen molar-refractivity contribution in [2.45, 2.75) is 115 Å². The normalized spacial score (nSPS) is 17.0. The average molecular weight is 1100 g/mol. The minimum Gasteiger partial charge on any atom is -0.494 e. The predicted octanol–water partition coefficient (Wildman–Crippen LogP) is 12.4. The smallest absolute Gasteiger partial charge is 0.339 e. The third-order valence-corrected chi connectivity index (χ3v) is 14.8. The molecule has 0 N–H and O–H groups in total. The molecule has 16 nitrogen and oxygen atoms in total. The van der Waals surface area contributed by atoms with E-state index in [-0.39, 0.29) is 29.3 Å². The fourth-order valence-electron chi connectivity index (χ4n) is 9.11. The second-order valence-electron chi connectivity index (χ2n) is 19.5. The van der Waals surface area contributed by atoms with Crippen molar-refractivity contribution in [3.05, 3.63) is 139 Å². The van der Waals surface area contributed by atoms with E-state index in [9.17, 15) is 28.8 Å². The summed E-state index contributed by atoms with van der Waals surface area (Å²) in [6.07, 6.45) is 15.9. The van der Waals surface area contributed by atoms with Gasteiger partial charge in [-0.25, -0.2) is 24.2 Å². The van der Waals surface area contributed by atoms with Gasteiger partial charge in [0.15, 0.2) is 5.13 Å². The molecule has 2 aliphatic carbocycles. The summed E-state index contributed by atoms with van der Waals surface area (Å²) in [4.78, 5) is 82.7. The summed E-state index contributed by atoms with van der Waals surface area (Å²) in [6.45, 7) is 8.58. The number of ether oxygens (including phenoxy) is 8. The van der Waals surface area contributed by atoms with Gasteiger partial charge >= 0.3 is 35.8 Å². The minimum atomic E-state index is -0.539. The highest BCUT2D eigenvalue weighted by Gasteiger charge is 2.32. The number of hydrogen-bond donors (Lipinski definition) is 0. The summed E-state index contributed by atoms with van der Waals surface area (Å²) in [6, 6.07) is 26.5. The fraction of sp³-hybridized carbons (Fsp3) is 0.403. The number of rotatable bonds is 29. The standard InChI is InChI=1S/C62H70N2O14S/c1-4-56(65)73-40-14-8-6-12-38-71-47-24-18-43(19-25-47)58(67)75-49-26-20-45(21-27-49)60(69)78-52-34-35-53(46(42-52)36-37-64(3)62-63-54-16-10-11-17-55(54)79-62)61(70)77-50-28-22-44(23-29-50)59(68)76-51-32-30-48(31-33-51)72-39-13-7-9-15-41-74-57(66)5-2/h4-5,10-11,16-19,24-25,30-37,42,44-45,49-50H,1-2,6-9,12-15,20-23,26-29,38-41H2,3H3/b37-36+. The van der Waals surface area contributed by atoms with Gasteiger partial charge in [-0.2, -0.15) is 0 Å². The van der Waals surface area contributed by atoms with Gasteiger partial charge in [-0.15, -0.1) is 0 Å². The Kier molecular flexibility index (Phi) is 23.1. The van der Waals surface area contributed by atoms with Gasteiger partial charge in [0.1, 0.15) is 35.2 Å². The Morgan fingerprint density at radius 3 is 1.59 bits per heavy atom. The molecular weight excluding hydrogens is 1030 g/mol. The van der Waals surface area contributed by atoms with Crippen LogP contribution >= 0.6 is 11.3 Å². The summed E-state index contributed by atoms with van der Waals surface area (Å²) in [5.74, 6) is -1.31. The van der Waals surface area contributed by atoms with Gasteiger partial charge in [0.05, 0.1) is 59.6 Å². The van der Waals surface area contributed by atoms with Crippen LogP contribution in [0, 0.1) is 11.8 Å². The highest BCUT2D eigenvalue weighted by molar-refractivity contribution is 7.22. The van der Waals surface area contributed by atoms with Gasteiger partial charge in [0.25, 0.3) is 0 Å². The van der Waals surface area contributed by atoms with Crippen molar-refractivity contribution in [1.29, 1.82) is 0 Å². The molecule has 0 radical (unpaired) electrons. The summed E-state index contributed by atoms with van der Waals surface area (Å²) in [7, 11) is 1.87. The third kappa shape index (κ3) is 19.0. The maximum atomic E-state index is 14.0. The zero-order chi connectivity index (χ0) is 55.8. The van der Waals surface area contributed by atoms with Gasteiger partial charge < -0.3 is 42.8 Å². The number of fused-ring (bicyclic) bond motifs is 1. The van der Waals surface area contributed by atoms with Crippen molar-refractivity contribution < 1.29 is 66.7 Å². The van der Waals surface area contributed by atoms with Crippen molar-refractivity contribution in [3.8, 4) is 23.0 Å². The Balaban J connectivity index is 0.865. The van der Waals surface area contributed by atoms with E-state index in [4.69, 9.17) is 42.9 Å². The van der Waals surface area contributed by atoms with E-state index in [1.165, 1.54) is 11.3 Å². The molecule has 0 bridgehead atoms. The molecular formula is C62H70N2O14S. The van der Waals surface area contributed by atoms with Crippen molar-refractivity contribution in [2.24, 2.45) is 11.8 Å². The molecule has 1 aromatic heterocycles. The Labute approximate surface area is 465 Å². The largest absolute Gasteiger partial charge is 0.494 e. The fourth-order valence-corrected chi connectivity index (χ4v) is 10.0. The van der Waals surface area contributed by atoms with E-state index in [2.05, 4.69) is 13.2 Å². The molecule has 0 unspecified atom stereocenters. The van der Waals surface area contributed by atoms with Crippen LogP contribution in [0.5, 0.6) is 23.0 Å². The molecule has 0 saturated heterocycles. The van der Waals surface area contributed by atoms with E-state index in [0.717, 1.165) is 78.9 Å². The van der Waals surface area contributed by atoms with Crippen LogP contribution in [0.2, 0.25) is 0 Å². The first-order valence-corrected chi connectivity index (χ1v) is 28.1. The molecule has 2 saturated carbocycles. The van der Waals surface area contributed by atoms with Crippen LogP contribution in [-0.2, 0) is 38.1 Å². The summed E-state index contributed by atoms with van der Waals surface area (Å²) < 4.78 is 46.3. The topological polar surface area (TPSA) is 192 Å². The van der Waals surface area contributed by atoms with Gasteiger partial charge in [0.2, 0.25) is 0 Å². The molecule has 7 rings (SSSR count). The molecule has 5 aromatic rings. The number of esters is 6. The summed E-state index contributed by atoms with van der Waals surface area (Å²) in [5.41, 5.74) is 2.04. The van der Waals surface area contributed by atoms with Crippen molar-refractivity contribution in [2.75, 3.05) is 38.4 Å². The Morgan fingerprint density at radius 1 is 0.570 bits per heavy atom. The van der Waals surface area contributed by atoms with Crippen molar-refractivity contribution >= 4 is 68.6 Å². The Morgan fingerprint density at radius 2 is 1.05 bits per heavy atom. The lowest BCUT2D eigenvalue weighted by Gasteiger charge is -2.27. The maximum absolute atomic E-state index is 14.0. The number of carbonyl (C=O) groups is 6. The number of nitrogens with zero attached hydrogens (tertiary/aromatic N) is 2. The van der Waals surface area contributed by atoms with E-state index in [0.29, 0.717) is 106 Å². The third-order valence-electron chi connectivity index (χ3n) is 13.7. The van der Waals surface area contributed by atoms with Crippen LogP contribution in [0.1, 0.15) is 129 Å². The van der Waals surface area contributed by atoms with E-state index < -0.39 is 41.9 Å². The van der Waals surface area contributed by atoms with Crippen LogP contribution < -0.4 is 23.8 Å². The lowest BCUT2D eigenvalue weighted by atomic mass is 9.87. The second-order valence-corrected chi connectivity index (χ2v) is 20.5. The van der Waals surface area contributed by atoms with Crippen LogP contribution in [0.15, 0.2) is 123 Å². The predicted molar refractivity (Wildman–Crippen MR) is 300 cm³/mol. The molecule has 2 aliphatic rings. The molecule has 17 heteroatoms. The Bertz CT molecular complexity index is 2830. The molecule has 0 aliphatic heterocycles. The molecule has 0 spiro atoms. The van der Waals surface area contributed by atoms with Gasteiger partial charge in [-0.3, -0.25) is 9.59 Å². The quantitative estimate of drug-likeness (QED) is 0.0144. The van der Waals surface area contributed by atoms with Crippen LogP contribution in [-0.4, -0.2) is 86.5 Å². The average Bonchev–Trinajstić information content (AvgIpc) is 3.92. The van der Waals surface area contributed by atoms with Gasteiger partial charge in [-0.05, 0) is 193 Å². The first kappa shape index (κ1) is 58.9. The number of thiazole rings is 1. The zero-order valence-electron chi connectivity index (χ0n) is 44.9. The molecule has 4 aromatic carbocycles. The number of benzene rings is 4. The number of carbonyl (C=O) groups excluding carboxylic acids is 6. The van der Waals surface area contributed by atoms with E-state index in [1.54, 1.807) is 79.0 Å². The van der Waals surface area contributed by atoms with Crippen LogP contribution in [0.3, 0.4) is 0 Å². The summed E-state index contributed by atoms with van der Waals surface area (Å²) in [5, 5.41) is 0.749. The van der Waals surface area contributed by atoms with Crippen LogP contribution in [0.25, 0.3) is 16.3 Å². The number of para-hydroxylation sites is 1. The highest BCUT2D eigenvalue weighted by atomic mass is 32.1.